The van der Waals surface area contributed by atoms with E-state index < -0.39 is 0 Å². The van der Waals surface area contributed by atoms with Gasteiger partial charge in [-0.1, -0.05) is 12.2 Å². The maximum atomic E-state index is 5.53. The molecule has 1 aliphatic rings. The van der Waals surface area contributed by atoms with Gasteiger partial charge in [-0.25, -0.2) is 0 Å². The molecule has 0 aromatic rings. The van der Waals surface area contributed by atoms with Crippen molar-refractivity contribution >= 4 is 0 Å². The summed E-state index contributed by atoms with van der Waals surface area (Å²) in [7, 11) is 1.73. The molecule has 1 fully saturated rings. The molecule has 0 spiro atoms. The van der Waals surface area contributed by atoms with Crippen LogP contribution in [0.25, 0.3) is 0 Å². The smallest absolute Gasteiger partial charge is 0.0610 e. The van der Waals surface area contributed by atoms with Gasteiger partial charge in [-0.05, 0) is 32.2 Å². The number of hydrogen-bond acceptors (Lipinski definition) is 3. The Morgan fingerprint density at radius 3 is 3.07 bits per heavy atom. The van der Waals surface area contributed by atoms with Gasteiger partial charge in [0.1, 0.15) is 0 Å². The van der Waals surface area contributed by atoms with E-state index in [-0.39, 0.29) is 0 Å². The van der Waals surface area contributed by atoms with E-state index in [9.17, 15) is 0 Å². The largest absolute Gasteiger partial charge is 0.383 e. The molecule has 1 rings (SSSR count). The summed E-state index contributed by atoms with van der Waals surface area (Å²) in [5.41, 5.74) is 0. The molecule has 0 aliphatic carbocycles. The lowest BCUT2D eigenvalue weighted by Gasteiger charge is -2.04. The molecule has 88 valence electrons. The first-order valence-electron chi connectivity index (χ1n) is 5.89. The van der Waals surface area contributed by atoms with Crippen molar-refractivity contribution in [2.75, 3.05) is 33.4 Å². The van der Waals surface area contributed by atoms with E-state index in [2.05, 4.69) is 17.5 Å². The molecule has 0 bridgehead atoms. The van der Waals surface area contributed by atoms with Crippen LogP contribution in [0.15, 0.2) is 12.2 Å². The molecule has 0 radical (unpaired) electrons. The van der Waals surface area contributed by atoms with Crippen LogP contribution in [0, 0.1) is 0 Å². The van der Waals surface area contributed by atoms with Gasteiger partial charge in [0.15, 0.2) is 0 Å². The Kier molecular flexibility index (Phi) is 7.52. The molecule has 0 aromatic carbocycles. The highest BCUT2D eigenvalue weighted by Crippen LogP contribution is 2.15. The van der Waals surface area contributed by atoms with E-state index >= 15 is 0 Å². The number of nitrogens with one attached hydrogen (secondary N) is 1. The third-order valence-electron chi connectivity index (χ3n) is 2.56. The summed E-state index contributed by atoms with van der Waals surface area (Å²) in [6.07, 6.45) is 9.61. The van der Waals surface area contributed by atoms with Crippen LogP contribution in [0.5, 0.6) is 0 Å². The summed E-state index contributed by atoms with van der Waals surface area (Å²) in [4.78, 5) is 0. The van der Waals surface area contributed by atoms with E-state index in [1.165, 1.54) is 12.8 Å². The first-order chi connectivity index (χ1) is 7.43. The molecule has 0 saturated carbocycles. The van der Waals surface area contributed by atoms with Gasteiger partial charge in [-0.3, -0.25) is 0 Å². The number of methoxy groups -OCH3 is 1. The SMILES string of the molecule is COCCNCCC=CCC1CCCO1. The van der Waals surface area contributed by atoms with Crippen molar-refractivity contribution in [1.29, 1.82) is 0 Å². The van der Waals surface area contributed by atoms with Crippen LogP contribution in [0.1, 0.15) is 25.7 Å². The summed E-state index contributed by atoms with van der Waals surface area (Å²) >= 11 is 0. The fourth-order valence-electron chi connectivity index (χ4n) is 1.68. The second kappa shape index (κ2) is 8.89. The van der Waals surface area contributed by atoms with Crippen LogP contribution in [-0.4, -0.2) is 39.5 Å². The Morgan fingerprint density at radius 2 is 2.33 bits per heavy atom. The van der Waals surface area contributed by atoms with E-state index in [0.717, 1.165) is 39.1 Å². The van der Waals surface area contributed by atoms with E-state index in [1.54, 1.807) is 7.11 Å². The van der Waals surface area contributed by atoms with Gasteiger partial charge < -0.3 is 14.8 Å². The predicted molar refractivity (Wildman–Crippen MR) is 62.1 cm³/mol. The highest BCUT2D eigenvalue weighted by atomic mass is 16.5. The average molecular weight is 213 g/mol. The van der Waals surface area contributed by atoms with Crippen molar-refractivity contribution in [2.24, 2.45) is 0 Å². The molecule has 0 aromatic heterocycles. The molecule has 15 heavy (non-hydrogen) atoms. The van der Waals surface area contributed by atoms with Crippen LogP contribution < -0.4 is 5.32 Å². The van der Waals surface area contributed by atoms with E-state index in [4.69, 9.17) is 9.47 Å². The van der Waals surface area contributed by atoms with Crippen LogP contribution in [0.2, 0.25) is 0 Å². The molecular formula is C12H23NO2. The van der Waals surface area contributed by atoms with Gasteiger partial charge in [-0.15, -0.1) is 0 Å². The molecule has 1 N–H and O–H groups in total. The van der Waals surface area contributed by atoms with E-state index in [1.807, 2.05) is 0 Å². The van der Waals surface area contributed by atoms with Gasteiger partial charge >= 0.3 is 0 Å². The highest BCUT2D eigenvalue weighted by Gasteiger charge is 2.12. The Hall–Kier alpha value is -0.380. The molecule has 3 heteroatoms. The topological polar surface area (TPSA) is 30.5 Å². The van der Waals surface area contributed by atoms with Gasteiger partial charge in [-0.2, -0.15) is 0 Å². The lowest BCUT2D eigenvalue weighted by atomic mass is 10.1. The van der Waals surface area contributed by atoms with Crippen LogP contribution >= 0.6 is 0 Å². The molecule has 0 amide bonds. The second-order valence-electron chi connectivity index (χ2n) is 3.87. The fourth-order valence-corrected chi connectivity index (χ4v) is 1.68. The minimum absolute atomic E-state index is 0.489. The molecule has 1 unspecified atom stereocenters. The zero-order valence-corrected chi connectivity index (χ0v) is 9.71. The third kappa shape index (κ3) is 6.66. The quantitative estimate of drug-likeness (QED) is 0.492. The van der Waals surface area contributed by atoms with Crippen LogP contribution in [-0.2, 0) is 9.47 Å². The Labute approximate surface area is 92.8 Å². The van der Waals surface area contributed by atoms with Gasteiger partial charge in [0.2, 0.25) is 0 Å². The molecule has 1 heterocycles. The van der Waals surface area contributed by atoms with Crippen molar-refractivity contribution in [1.82, 2.24) is 5.32 Å². The molecule has 1 atom stereocenters. The fraction of sp³-hybridized carbons (Fsp3) is 0.833. The lowest BCUT2D eigenvalue weighted by molar-refractivity contribution is 0.113. The normalized spacial score (nSPS) is 21.5. The first kappa shape index (κ1) is 12.7. The van der Waals surface area contributed by atoms with Gasteiger partial charge in [0.25, 0.3) is 0 Å². The van der Waals surface area contributed by atoms with Crippen molar-refractivity contribution < 1.29 is 9.47 Å². The Bertz CT molecular complexity index is 165. The summed E-state index contributed by atoms with van der Waals surface area (Å²) in [6.45, 7) is 3.72. The Balaban J connectivity index is 1.84. The third-order valence-corrected chi connectivity index (χ3v) is 2.56. The lowest BCUT2D eigenvalue weighted by Crippen LogP contribution is -2.19. The van der Waals surface area contributed by atoms with Gasteiger partial charge in [0, 0.05) is 20.3 Å². The summed E-state index contributed by atoms with van der Waals surface area (Å²) < 4.78 is 10.5. The summed E-state index contributed by atoms with van der Waals surface area (Å²) in [5.74, 6) is 0. The second-order valence-corrected chi connectivity index (χ2v) is 3.87. The van der Waals surface area contributed by atoms with Crippen LogP contribution in [0.4, 0.5) is 0 Å². The zero-order chi connectivity index (χ0) is 10.8. The number of rotatable bonds is 8. The summed E-state index contributed by atoms with van der Waals surface area (Å²) in [6, 6.07) is 0. The monoisotopic (exact) mass is 213 g/mol. The number of ether oxygens (including phenoxy) is 2. The standard InChI is InChI=1S/C12H23NO2/c1-14-11-9-13-8-4-2-3-6-12-7-5-10-15-12/h2-3,12-13H,4-11H2,1H3. The molecular weight excluding hydrogens is 190 g/mol. The van der Waals surface area contributed by atoms with Crippen molar-refractivity contribution in [3.8, 4) is 0 Å². The Morgan fingerprint density at radius 1 is 1.40 bits per heavy atom. The maximum Gasteiger partial charge on any atom is 0.0610 e. The van der Waals surface area contributed by atoms with Crippen molar-refractivity contribution in [2.45, 2.75) is 31.8 Å². The molecule has 1 saturated heterocycles. The molecule has 3 nitrogen and oxygen atoms in total. The van der Waals surface area contributed by atoms with Crippen molar-refractivity contribution in [3.63, 3.8) is 0 Å². The zero-order valence-electron chi connectivity index (χ0n) is 9.71. The summed E-state index contributed by atoms with van der Waals surface area (Å²) in [5, 5.41) is 3.31. The first-order valence-corrected chi connectivity index (χ1v) is 5.89. The predicted octanol–water partition coefficient (Wildman–Crippen LogP) is 1.74. The van der Waals surface area contributed by atoms with E-state index in [0.29, 0.717) is 6.10 Å². The maximum absolute atomic E-state index is 5.53. The molecule has 1 aliphatic heterocycles. The van der Waals surface area contributed by atoms with Crippen molar-refractivity contribution in [3.05, 3.63) is 12.2 Å². The van der Waals surface area contributed by atoms with Gasteiger partial charge in [0.05, 0.1) is 12.7 Å². The minimum atomic E-state index is 0.489. The average Bonchev–Trinajstić information content (AvgIpc) is 2.75. The number of hydrogen-bond donors (Lipinski definition) is 1. The van der Waals surface area contributed by atoms with Crippen LogP contribution in [0.3, 0.4) is 0 Å². The highest BCUT2D eigenvalue weighted by molar-refractivity contribution is 4.86. The minimum Gasteiger partial charge on any atom is -0.383 e.